The van der Waals surface area contributed by atoms with E-state index in [0.29, 0.717) is 27.6 Å². The Hall–Kier alpha value is -3.37. The molecule has 1 aromatic heterocycles. The van der Waals surface area contributed by atoms with E-state index in [4.69, 9.17) is 9.47 Å². The first-order chi connectivity index (χ1) is 16.8. The number of thiophene rings is 1. The Kier molecular flexibility index (Phi) is 7.13. The molecule has 0 atom stereocenters. The first kappa shape index (κ1) is 24.7. The number of fused-ring (bicyclic) bond motifs is 1. The Morgan fingerprint density at radius 3 is 2.26 bits per heavy atom. The standard InChI is InChI=1S/C25H26N2O6S2/c1-27(35(30,31)19-14-12-18(32-2)13-15-19)17-10-8-16(9-11-17)23(28)26-24-22(25(29)33-3)20-6-4-5-7-21(20)34-24/h8-15H,4-7H2,1-3H3,(H,26,28). The number of benzene rings is 2. The molecule has 10 heteroatoms. The van der Waals surface area contributed by atoms with Gasteiger partial charge in [-0.15, -0.1) is 11.3 Å². The summed E-state index contributed by atoms with van der Waals surface area (Å²) in [5.74, 6) is -0.287. The Labute approximate surface area is 208 Å². The van der Waals surface area contributed by atoms with Gasteiger partial charge in [0.05, 0.1) is 30.4 Å². The number of sulfonamides is 1. The molecule has 0 saturated heterocycles. The van der Waals surface area contributed by atoms with E-state index in [-0.39, 0.29) is 10.8 Å². The summed E-state index contributed by atoms with van der Waals surface area (Å²) in [7, 11) is 0.500. The van der Waals surface area contributed by atoms with Crippen LogP contribution >= 0.6 is 11.3 Å². The Balaban J connectivity index is 1.53. The molecule has 1 aliphatic rings. The molecule has 1 aliphatic carbocycles. The predicted molar refractivity (Wildman–Crippen MR) is 135 cm³/mol. The molecule has 184 valence electrons. The topological polar surface area (TPSA) is 102 Å². The highest BCUT2D eigenvalue weighted by Crippen LogP contribution is 2.38. The van der Waals surface area contributed by atoms with E-state index in [1.54, 1.807) is 36.4 Å². The number of methoxy groups -OCH3 is 2. The van der Waals surface area contributed by atoms with Crippen molar-refractivity contribution in [3.8, 4) is 5.75 Å². The number of hydrogen-bond acceptors (Lipinski definition) is 7. The number of aryl methyl sites for hydroxylation is 1. The Morgan fingerprint density at radius 2 is 1.63 bits per heavy atom. The van der Waals surface area contributed by atoms with Crippen LogP contribution in [0.4, 0.5) is 10.7 Å². The molecule has 0 aliphatic heterocycles. The fraction of sp³-hybridized carbons (Fsp3) is 0.280. The molecule has 35 heavy (non-hydrogen) atoms. The van der Waals surface area contributed by atoms with Gasteiger partial charge in [0.15, 0.2) is 0 Å². The van der Waals surface area contributed by atoms with E-state index in [1.165, 1.54) is 44.7 Å². The largest absolute Gasteiger partial charge is 0.497 e. The average molecular weight is 515 g/mol. The molecule has 0 fully saturated rings. The second kappa shape index (κ2) is 10.1. The molecule has 3 aromatic rings. The Bertz CT molecular complexity index is 1350. The first-order valence-electron chi connectivity index (χ1n) is 11.0. The lowest BCUT2D eigenvalue weighted by Gasteiger charge is -2.20. The second-order valence-electron chi connectivity index (χ2n) is 8.06. The van der Waals surface area contributed by atoms with Crippen molar-refractivity contribution >= 4 is 43.9 Å². The van der Waals surface area contributed by atoms with Gasteiger partial charge in [-0.25, -0.2) is 13.2 Å². The minimum Gasteiger partial charge on any atom is -0.497 e. The Morgan fingerprint density at radius 1 is 0.971 bits per heavy atom. The predicted octanol–water partition coefficient (Wildman–Crippen LogP) is 4.50. The van der Waals surface area contributed by atoms with E-state index in [9.17, 15) is 18.0 Å². The number of hydrogen-bond donors (Lipinski definition) is 1. The molecule has 4 rings (SSSR count). The summed E-state index contributed by atoms with van der Waals surface area (Å²) >= 11 is 1.41. The maximum Gasteiger partial charge on any atom is 0.341 e. The summed E-state index contributed by atoms with van der Waals surface area (Å²) in [6.45, 7) is 0. The number of esters is 1. The summed E-state index contributed by atoms with van der Waals surface area (Å²) < 4.78 is 37.2. The van der Waals surface area contributed by atoms with Gasteiger partial charge in [0.25, 0.3) is 15.9 Å². The van der Waals surface area contributed by atoms with E-state index < -0.39 is 16.0 Å². The maximum atomic E-state index is 13.0. The van der Waals surface area contributed by atoms with E-state index in [2.05, 4.69) is 5.32 Å². The molecule has 1 heterocycles. The van der Waals surface area contributed by atoms with Gasteiger partial charge in [0, 0.05) is 17.5 Å². The van der Waals surface area contributed by atoms with Gasteiger partial charge in [-0.05, 0) is 79.8 Å². The molecule has 8 nitrogen and oxygen atoms in total. The number of carbonyl (C=O) groups excluding carboxylic acids is 2. The van der Waals surface area contributed by atoms with Crippen LogP contribution in [0.2, 0.25) is 0 Å². The number of amides is 1. The van der Waals surface area contributed by atoms with Gasteiger partial charge in [-0.3, -0.25) is 9.10 Å². The van der Waals surface area contributed by atoms with Crippen LogP contribution in [0.1, 0.15) is 44.0 Å². The number of ether oxygens (including phenoxy) is 2. The highest BCUT2D eigenvalue weighted by Gasteiger charge is 2.27. The fourth-order valence-corrected chi connectivity index (χ4v) is 6.48. The third-order valence-corrected chi connectivity index (χ3v) is 9.01. The van der Waals surface area contributed by atoms with Gasteiger partial charge >= 0.3 is 5.97 Å². The van der Waals surface area contributed by atoms with Crippen molar-refractivity contribution in [2.45, 2.75) is 30.6 Å². The zero-order valence-electron chi connectivity index (χ0n) is 19.7. The molecule has 1 N–H and O–H groups in total. The number of nitrogens with zero attached hydrogens (tertiary/aromatic N) is 1. The molecular formula is C25H26N2O6S2. The smallest absolute Gasteiger partial charge is 0.341 e. The highest BCUT2D eigenvalue weighted by molar-refractivity contribution is 7.92. The van der Waals surface area contributed by atoms with Crippen LogP contribution in [-0.4, -0.2) is 41.6 Å². The fourth-order valence-electron chi connectivity index (χ4n) is 4.01. The van der Waals surface area contributed by atoms with Crippen molar-refractivity contribution in [2.75, 3.05) is 30.9 Å². The van der Waals surface area contributed by atoms with Crippen LogP contribution in [0.5, 0.6) is 5.75 Å². The quantitative estimate of drug-likeness (QED) is 0.466. The van der Waals surface area contributed by atoms with Gasteiger partial charge in [-0.1, -0.05) is 0 Å². The zero-order chi connectivity index (χ0) is 25.2. The van der Waals surface area contributed by atoms with Crippen LogP contribution in [0.15, 0.2) is 53.4 Å². The number of anilines is 2. The SMILES string of the molecule is COC(=O)c1c(NC(=O)c2ccc(N(C)S(=O)(=O)c3ccc(OC)cc3)cc2)sc2c1CCCC2. The van der Waals surface area contributed by atoms with Crippen LogP contribution < -0.4 is 14.4 Å². The summed E-state index contributed by atoms with van der Waals surface area (Å²) in [5.41, 5.74) is 2.14. The molecule has 0 radical (unpaired) electrons. The lowest BCUT2D eigenvalue weighted by molar-refractivity contribution is 0.0601. The van der Waals surface area contributed by atoms with Crippen LogP contribution in [-0.2, 0) is 27.6 Å². The molecule has 0 spiro atoms. The molecule has 1 amide bonds. The second-order valence-corrected chi connectivity index (χ2v) is 11.1. The van der Waals surface area contributed by atoms with Gasteiger partial charge < -0.3 is 14.8 Å². The maximum absolute atomic E-state index is 13.0. The molecule has 2 aromatic carbocycles. The number of nitrogens with one attached hydrogen (secondary N) is 1. The molecule has 0 saturated carbocycles. The molecule has 0 unspecified atom stereocenters. The van der Waals surface area contributed by atoms with Gasteiger partial charge in [-0.2, -0.15) is 0 Å². The van der Waals surface area contributed by atoms with Crippen molar-refractivity contribution in [1.29, 1.82) is 0 Å². The summed E-state index contributed by atoms with van der Waals surface area (Å²) in [6.07, 6.45) is 3.71. The van der Waals surface area contributed by atoms with Crippen LogP contribution in [0.25, 0.3) is 0 Å². The lowest BCUT2D eigenvalue weighted by atomic mass is 9.95. The minimum absolute atomic E-state index is 0.125. The van der Waals surface area contributed by atoms with Crippen molar-refractivity contribution in [1.82, 2.24) is 0 Å². The van der Waals surface area contributed by atoms with Gasteiger partial charge in [0.1, 0.15) is 10.8 Å². The monoisotopic (exact) mass is 514 g/mol. The summed E-state index contributed by atoms with van der Waals surface area (Å²) in [4.78, 5) is 26.6. The number of rotatable bonds is 7. The van der Waals surface area contributed by atoms with E-state index in [0.717, 1.165) is 40.4 Å². The van der Waals surface area contributed by atoms with Crippen molar-refractivity contribution in [2.24, 2.45) is 0 Å². The summed E-state index contributed by atoms with van der Waals surface area (Å²) in [5, 5.41) is 3.33. The van der Waals surface area contributed by atoms with Crippen molar-refractivity contribution < 1.29 is 27.5 Å². The van der Waals surface area contributed by atoms with E-state index in [1.807, 2.05) is 0 Å². The zero-order valence-corrected chi connectivity index (χ0v) is 21.3. The van der Waals surface area contributed by atoms with Crippen molar-refractivity contribution in [3.05, 3.63) is 70.1 Å². The highest BCUT2D eigenvalue weighted by atomic mass is 32.2. The van der Waals surface area contributed by atoms with Crippen molar-refractivity contribution in [3.63, 3.8) is 0 Å². The van der Waals surface area contributed by atoms with Crippen LogP contribution in [0.3, 0.4) is 0 Å². The van der Waals surface area contributed by atoms with Crippen LogP contribution in [0, 0.1) is 0 Å². The number of carbonyl (C=O) groups is 2. The lowest BCUT2D eigenvalue weighted by Crippen LogP contribution is -2.26. The third kappa shape index (κ3) is 4.89. The van der Waals surface area contributed by atoms with E-state index >= 15 is 0 Å². The third-order valence-electron chi connectivity index (χ3n) is 6.00. The minimum atomic E-state index is -3.79. The average Bonchev–Trinajstić information content (AvgIpc) is 3.25. The summed E-state index contributed by atoms with van der Waals surface area (Å²) in [6, 6.07) is 12.4. The molecule has 0 bridgehead atoms. The molecular weight excluding hydrogens is 488 g/mol. The van der Waals surface area contributed by atoms with Gasteiger partial charge in [0.2, 0.25) is 0 Å². The first-order valence-corrected chi connectivity index (χ1v) is 13.3. The normalized spacial score (nSPS) is 13.0.